The number of hydrogen-bond acceptors (Lipinski definition) is 35. The molecule has 4 fully saturated rings. The van der Waals surface area contributed by atoms with Crippen molar-refractivity contribution in [2.45, 2.75) is 342 Å². The zero-order chi connectivity index (χ0) is 106. The van der Waals surface area contributed by atoms with E-state index in [1.54, 1.807) is 0 Å². The topological polar surface area (TPSA) is 716 Å². The van der Waals surface area contributed by atoms with E-state index in [1.165, 1.54) is 57.7 Å². The second kappa shape index (κ2) is 74.0. The van der Waals surface area contributed by atoms with Gasteiger partial charge in [0.05, 0.1) is 100 Å². The summed E-state index contributed by atoms with van der Waals surface area (Å²) in [6, 6.07) is -1.91. The van der Waals surface area contributed by atoms with Gasteiger partial charge >= 0.3 is 5.97 Å². The van der Waals surface area contributed by atoms with Crippen LogP contribution in [0.5, 0.6) is 5.75 Å². The first-order valence-corrected chi connectivity index (χ1v) is 52.4. The molecule has 20 unspecified atom stereocenters. The van der Waals surface area contributed by atoms with Crippen LogP contribution in [0, 0.1) is 0 Å². The minimum Gasteiger partial charge on any atom is -0.492 e. The number of hydrogen-bond donors (Lipinski definition) is 23. The van der Waals surface area contributed by atoms with Gasteiger partial charge in [0.2, 0.25) is 70.9 Å². The lowest BCUT2D eigenvalue weighted by atomic mass is 10.00. The maximum Gasteiger partial charge on any atom is 0.305 e. The number of carboxylic acid groups (broad SMARTS) is 1. The molecule has 5 rings (SSSR count). The summed E-state index contributed by atoms with van der Waals surface area (Å²) in [5, 5.41) is 128. The first-order chi connectivity index (χ1) is 69.6. The number of carbonyl (C=O) groups excluding carboxylic acids is 14. The van der Waals surface area contributed by atoms with E-state index in [2.05, 4.69) is 74.4 Å². The molecule has 0 saturated carbocycles. The van der Waals surface area contributed by atoms with Crippen molar-refractivity contribution in [3.05, 3.63) is 29.3 Å². The Kier molecular flexibility index (Phi) is 64.5. The van der Waals surface area contributed by atoms with Crippen LogP contribution in [0.4, 0.5) is 0 Å². The van der Waals surface area contributed by atoms with E-state index in [-0.39, 0.29) is 223 Å². The number of carbonyl (C=O) groups is 15. The Bertz CT molecular complexity index is 3890. The van der Waals surface area contributed by atoms with Crippen molar-refractivity contribution >= 4 is 109 Å². The highest BCUT2D eigenvalue weighted by atomic mass is 32.2. The average molecular weight is 2110 g/mol. The average Bonchev–Trinajstić information content (AvgIpc) is 0.833. The van der Waals surface area contributed by atoms with Crippen LogP contribution >= 0.6 is 20.4 Å². The molecule has 4 aliphatic rings. The van der Waals surface area contributed by atoms with Crippen LogP contribution in [0.3, 0.4) is 0 Å². The van der Waals surface area contributed by atoms with Gasteiger partial charge in [-0.15, -0.1) is 11.8 Å². The van der Waals surface area contributed by atoms with Crippen LogP contribution in [0.15, 0.2) is 18.2 Å². The number of benzene rings is 1. The van der Waals surface area contributed by atoms with E-state index in [0.717, 1.165) is 25.7 Å². The molecule has 20 atom stereocenters. The highest BCUT2D eigenvalue weighted by Gasteiger charge is 2.44. The Hall–Kier alpha value is -9.03. The van der Waals surface area contributed by atoms with Gasteiger partial charge in [-0.1, -0.05) is 19.3 Å². The minimum absolute atomic E-state index is 0.00466. The fourth-order valence-electron chi connectivity index (χ4n) is 16.1. The van der Waals surface area contributed by atoms with E-state index in [9.17, 15) is 122 Å². The summed E-state index contributed by atoms with van der Waals surface area (Å²) >= 11 is 1.27. The molecule has 4 aliphatic heterocycles. The maximum absolute atomic E-state index is 14.2. The fourth-order valence-corrected chi connectivity index (χ4v) is 17.5. The van der Waals surface area contributed by atoms with Crippen LogP contribution in [-0.2, 0) is 109 Å². The molecule has 4 saturated heterocycles. The number of amides is 14. The number of aliphatic hydroxyl groups is 8. The first kappa shape index (κ1) is 126. The molecule has 4 heterocycles. The SMILES string of the molecule is CC(=O)NC1C(O)CC(CO)OC1OCCCCC(=O)NCCCCC(NC(=O)CCCCOC1OC(CO)CC(O)C1NC(C)=O)C(=O)NCCNC(=O)c1cc(OCCNC(=O)CCCCCNC(=O)C(CC(=O)O)SCCCCCCO[PH2]=O)cc(C(=O)NCCNC(=O)C(CCCCNC(=O)CCCCOC2OC(CO)CC(O)C2NC(C)=O)NC(=O)CCCCOC2OC(CO)CC(O)C2NC(C)=O)c1. The van der Waals surface area contributed by atoms with Crippen LogP contribution in [0.1, 0.15) is 247 Å². The second-order valence-electron chi connectivity index (χ2n) is 36.1. The summed E-state index contributed by atoms with van der Waals surface area (Å²) in [7, 11) is -1.26. The Morgan fingerprint density at radius 2 is 0.683 bits per heavy atom. The molecule has 23 N–H and O–H groups in total. The molecule has 145 heavy (non-hydrogen) atoms. The molecular formula is C94H159N14O35PS. The number of aliphatic carboxylic acids is 1. The van der Waals surface area contributed by atoms with E-state index >= 15 is 0 Å². The van der Waals surface area contributed by atoms with Gasteiger partial charge in [0.15, 0.2) is 33.8 Å². The summed E-state index contributed by atoms with van der Waals surface area (Å²) in [5.74, 6) is -7.29. The summed E-state index contributed by atoms with van der Waals surface area (Å²) < 4.78 is 67.9. The fraction of sp³-hybridized carbons (Fsp3) is 0.777. The van der Waals surface area contributed by atoms with Crippen LogP contribution in [-0.4, -0.2) is 374 Å². The zero-order valence-electron chi connectivity index (χ0n) is 83.7. The minimum atomic E-state index is -1.26. The third kappa shape index (κ3) is 53.6. The molecule has 1 aromatic rings. The summed E-state index contributed by atoms with van der Waals surface area (Å²) in [6.07, 6.45) is -2.43. The third-order valence-electron chi connectivity index (χ3n) is 23.7. The van der Waals surface area contributed by atoms with Gasteiger partial charge in [0.1, 0.15) is 48.6 Å². The lowest BCUT2D eigenvalue weighted by Crippen LogP contribution is -2.58. The van der Waals surface area contributed by atoms with E-state index < -0.39 is 208 Å². The Morgan fingerprint density at radius 3 is 1.04 bits per heavy atom. The monoisotopic (exact) mass is 2110 g/mol. The molecular weight excluding hydrogens is 1950 g/mol. The molecule has 49 nitrogen and oxygen atoms in total. The summed E-state index contributed by atoms with van der Waals surface area (Å²) in [4.78, 5) is 195. The number of ether oxygens (including phenoxy) is 9. The predicted molar refractivity (Wildman–Crippen MR) is 523 cm³/mol. The Balaban J connectivity index is 1.24. The second-order valence-corrected chi connectivity index (χ2v) is 37.9. The molecule has 826 valence electrons. The van der Waals surface area contributed by atoms with Crippen molar-refractivity contribution in [3.8, 4) is 5.75 Å². The van der Waals surface area contributed by atoms with E-state index in [0.29, 0.717) is 95.8 Å². The van der Waals surface area contributed by atoms with Gasteiger partial charge in [-0.25, -0.2) is 0 Å². The van der Waals surface area contributed by atoms with Crippen LogP contribution < -0.4 is 79.2 Å². The van der Waals surface area contributed by atoms with Crippen molar-refractivity contribution < 1.29 is 170 Å². The van der Waals surface area contributed by atoms with Crippen molar-refractivity contribution in [2.75, 3.05) is 124 Å². The number of thioether (sulfide) groups is 1. The Labute approximate surface area is 850 Å². The number of aliphatic hydroxyl groups excluding tert-OH is 8. The van der Waals surface area contributed by atoms with Crippen LogP contribution in [0.25, 0.3) is 0 Å². The zero-order valence-corrected chi connectivity index (χ0v) is 85.7. The number of rotatable bonds is 76. The number of nitrogens with one attached hydrogen (secondary N) is 14. The number of carboxylic acids is 1. The molecule has 1 aromatic carbocycles. The van der Waals surface area contributed by atoms with Gasteiger partial charge in [-0.2, -0.15) is 0 Å². The quantitative estimate of drug-likeness (QED) is 0.0238. The standard InChI is InChI=1S/C94H159N14O35PS/c1-58(113)103-82-71(117)49-65(54-109)140-91(82)135-39-19-11-27-76(121)95-31-16-9-24-69(107-79(124)29-13-21-41-137-93-84(105-60(3)115)73(119)51-67(56-111)142-93)88(130)101-36-34-99-86(128)62-46-63(48-64(47-62)134-44-38-97-78(123)26-8-7-15-33-98-90(132)75(53-81(126)127)145-45-23-6-5-18-43-139-144-133)87(129)100-35-37-102-89(131)70(108-80(125)30-14-22-42-138-94-85(106-61(4)116)74(120)52-68(57-112)143-94)25-10-17-32-96-77(122)28-12-20-40-136-92-83(104-59(2)114)72(118)50-66(55-110)141-92/h46-48,65-75,82-85,91-94,109-112,117-120H,5-45,49-57,144H2,1-4H3,(H,95,121)(H,96,122)(H,97,123)(H,98,132)(H,99,128)(H,100,129)(H,101,130)(H,102,131)(H,103,113)(H,104,114)(H,105,115)(H,106,116)(H,107,124)(H,108,125)(H,126,127). The third-order valence-corrected chi connectivity index (χ3v) is 25.4. The lowest BCUT2D eigenvalue weighted by molar-refractivity contribution is -0.237. The van der Waals surface area contributed by atoms with Crippen molar-refractivity contribution in [1.82, 2.24) is 74.4 Å². The van der Waals surface area contributed by atoms with Gasteiger partial charge in [0, 0.05) is 169 Å². The van der Waals surface area contributed by atoms with Gasteiger partial charge < -0.3 is 168 Å². The predicted octanol–water partition coefficient (Wildman–Crippen LogP) is -2.44. The van der Waals surface area contributed by atoms with Gasteiger partial charge in [0.25, 0.3) is 11.8 Å². The normalized spacial score (nSPS) is 22.5. The highest BCUT2D eigenvalue weighted by Crippen LogP contribution is 2.28. The van der Waals surface area contributed by atoms with Gasteiger partial charge in [-0.3, -0.25) is 76.5 Å². The smallest absolute Gasteiger partial charge is 0.305 e. The number of unbranched alkanes of at least 4 members (excludes halogenated alkanes) is 11. The van der Waals surface area contributed by atoms with Crippen LogP contribution in [0.2, 0.25) is 0 Å². The van der Waals surface area contributed by atoms with Crippen molar-refractivity contribution in [3.63, 3.8) is 0 Å². The largest absolute Gasteiger partial charge is 0.492 e. The summed E-state index contributed by atoms with van der Waals surface area (Å²) in [5.41, 5.74) is -0.198. The molecule has 0 aromatic heterocycles. The molecule has 14 amide bonds. The molecule has 51 heteroatoms. The van der Waals surface area contributed by atoms with E-state index in [1.807, 2.05) is 0 Å². The first-order valence-electron chi connectivity index (χ1n) is 50.4. The van der Waals surface area contributed by atoms with E-state index in [4.69, 9.17) is 47.2 Å². The molecule has 0 aliphatic carbocycles. The van der Waals surface area contributed by atoms with Crippen molar-refractivity contribution in [1.29, 1.82) is 0 Å². The summed E-state index contributed by atoms with van der Waals surface area (Å²) in [6.45, 7) is 3.88. The molecule has 0 radical (unpaired) electrons. The van der Waals surface area contributed by atoms with Gasteiger partial charge in [-0.05, 0) is 140 Å². The maximum atomic E-state index is 14.2. The Morgan fingerprint density at radius 1 is 0.366 bits per heavy atom. The van der Waals surface area contributed by atoms with Crippen molar-refractivity contribution in [2.24, 2.45) is 0 Å². The molecule has 0 spiro atoms. The lowest BCUT2D eigenvalue weighted by Gasteiger charge is -2.39. The highest BCUT2D eigenvalue weighted by molar-refractivity contribution is 8.00. The molecule has 0 bridgehead atoms.